The molecular formula is C14H14N2O3. The van der Waals surface area contributed by atoms with Gasteiger partial charge in [0.05, 0.1) is 12.0 Å². The lowest BCUT2D eigenvalue weighted by atomic mass is 10.1. The van der Waals surface area contributed by atoms with Gasteiger partial charge in [-0.05, 0) is 19.1 Å². The topological polar surface area (TPSA) is 72.3 Å². The van der Waals surface area contributed by atoms with Crippen molar-refractivity contribution in [2.75, 3.05) is 0 Å². The molecule has 3 aromatic rings. The van der Waals surface area contributed by atoms with Crippen molar-refractivity contribution in [2.45, 2.75) is 25.9 Å². The molecule has 0 aliphatic carbocycles. The van der Waals surface area contributed by atoms with Crippen LogP contribution in [0.15, 0.2) is 39.3 Å². The Labute approximate surface area is 109 Å². The second-order valence-corrected chi connectivity index (χ2v) is 4.63. The standard InChI is InChI=1S/C14H14N2O3/c1-8(9(2)17)14-15-13(16-19-14)12-7-10-5-3-4-6-11(10)18-12/h3-9,17H,1-2H3. The van der Waals surface area contributed by atoms with E-state index in [4.69, 9.17) is 8.94 Å². The molecule has 0 saturated carbocycles. The smallest absolute Gasteiger partial charge is 0.238 e. The zero-order valence-corrected chi connectivity index (χ0v) is 10.7. The molecule has 2 unspecified atom stereocenters. The molecule has 2 aromatic heterocycles. The van der Waals surface area contributed by atoms with E-state index in [1.54, 1.807) is 6.92 Å². The number of para-hydroxylation sites is 1. The number of fused-ring (bicyclic) bond motifs is 1. The molecule has 0 radical (unpaired) electrons. The number of aliphatic hydroxyl groups excluding tert-OH is 1. The molecule has 0 saturated heterocycles. The summed E-state index contributed by atoms with van der Waals surface area (Å²) in [7, 11) is 0. The van der Waals surface area contributed by atoms with Crippen molar-refractivity contribution < 1.29 is 14.0 Å². The van der Waals surface area contributed by atoms with E-state index in [2.05, 4.69) is 10.1 Å². The quantitative estimate of drug-likeness (QED) is 0.781. The fraction of sp³-hybridized carbons (Fsp3) is 0.286. The second-order valence-electron chi connectivity index (χ2n) is 4.63. The van der Waals surface area contributed by atoms with Gasteiger partial charge in [0.15, 0.2) is 5.76 Å². The van der Waals surface area contributed by atoms with E-state index in [1.807, 2.05) is 37.3 Å². The van der Waals surface area contributed by atoms with Crippen LogP contribution in [0, 0.1) is 0 Å². The van der Waals surface area contributed by atoms with Crippen LogP contribution in [0.3, 0.4) is 0 Å². The molecule has 0 fully saturated rings. The summed E-state index contributed by atoms with van der Waals surface area (Å²) < 4.78 is 10.8. The Morgan fingerprint density at radius 3 is 2.74 bits per heavy atom. The summed E-state index contributed by atoms with van der Waals surface area (Å²) >= 11 is 0. The maximum atomic E-state index is 9.52. The first-order valence-corrected chi connectivity index (χ1v) is 6.16. The van der Waals surface area contributed by atoms with E-state index >= 15 is 0 Å². The highest BCUT2D eigenvalue weighted by atomic mass is 16.5. The van der Waals surface area contributed by atoms with Crippen molar-refractivity contribution >= 4 is 11.0 Å². The van der Waals surface area contributed by atoms with Gasteiger partial charge in [-0.3, -0.25) is 0 Å². The van der Waals surface area contributed by atoms with E-state index < -0.39 is 6.10 Å². The second kappa shape index (κ2) is 4.51. The maximum absolute atomic E-state index is 9.52. The number of hydrogen-bond acceptors (Lipinski definition) is 5. The molecule has 19 heavy (non-hydrogen) atoms. The minimum Gasteiger partial charge on any atom is -0.453 e. The third kappa shape index (κ3) is 2.13. The minimum atomic E-state index is -0.538. The summed E-state index contributed by atoms with van der Waals surface area (Å²) in [6.07, 6.45) is -0.538. The Kier molecular flexibility index (Phi) is 2.83. The fourth-order valence-electron chi connectivity index (χ4n) is 1.82. The predicted molar refractivity (Wildman–Crippen MR) is 69.6 cm³/mol. The molecule has 5 nitrogen and oxygen atoms in total. The van der Waals surface area contributed by atoms with Crippen molar-refractivity contribution in [1.82, 2.24) is 10.1 Å². The van der Waals surface area contributed by atoms with Crippen LogP contribution in [0.4, 0.5) is 0 Å². The molecule has 2 heterocycles. The fourth-order valence-corrected chi connectivity index (χ4v) is 1.82. The van der Waals surface area contributed by atoms with Gasteiger partial charge in [-0.1, -0.05) is 30.3 Å². The number of rotatable bonds is 3. The average molecular weight is 258 g/mol. The lowest BCUT2D eigenvalue weighted by Crippen LogP contribution is -2.11. The molecule has 98 valence electrons. The highest BCUT2D eigenvalue weighted by molar-refractivity contribution is 5.81. The van der Waals surface area contributed by atoms with Gasteiger partial charge in [0.1, 0.15) is 5.58 Å². The van der Waals surface area contributed by atoms with E-state index in [-0.39, 0.29) is 5.92 Å². The Hall–Kier alpha value is -2.14. The molecule has 1 N–H and O–H groups in total. The summed E-state index contributed by atoms with van der Waals surface area (Å²) in [4.78, 5) is 4.27. The van der Waals surface area contributed by atoms with Crippen LogP contribution in [0.5, 0.6) is 0 Å². The van der Waals surface area contributed by atoms with Gasteiger partial charge in [0.25, 0.3) is 0 Å². The van der Waals surface area contributed by atoms with E-state index in [1.165, 1.54) is 0 Å². The number of hydrogen-bond donors (Lipinski definition) is 1. The van der Waals surface area contributed by atoms with Crippen LogP contribution in [-0.2, 0) is 0 Å². The summed E-state index contributed by atoms with van der Waals surface area (Å²) in [5.74, 6) is 1.17. The zero-order chi connectivity index (χ0) is 13.4. The highest BCUT2D eigenvalue weighted by Gasteiger charge is 2.20. The van der Waals surface area contributed by atoms with Crippen LogP contribution >= 0.6 is 0 Å². The van der Waals surface area contributed by atoms with Crippen LogP contribution in [-0.4, -0.2) is 21.4 Å². The number of aliphatic hydroxyl groups is 1. The van der Waals surface area contributed by atoms with Crippen LogP contribution in [0.25, 0.3) is 22.6 Å². The largest absolute Gasteiger partial charge is 0.453 e. The Bertz CT molecular complexity index is 666. The Morgan fingerprint density at radius 1 is 1.21 bits per heavy atom. The van der Waals surface area contributed by atoms with Crippen molar-refractivity contribution in [3.05, 3.63) is 36.2 Å². The van der Waals surface area contributed by atoms with Crippen LogP contribution in [0.1, 0.15) is 25.7 Å². The first kappa shape index (κ1) is 11.9. The monoisotopic (exact) mass is 258 g/mol. The van der Waals surface area contributed by atoms with Crippen LogP contribution in [0.2, 0.25) is 0 Å². The molecule has 0 spiro atoms. The van der Waals surface area contributed by atoms with Crippen molar-refractivity contribution in [2.24, 2.45) is 0 Å². The molecule has 0 bridgehead atoms. The van der Waals surface area contributed by atoms with Crippen molar-refractivity contribution in [3.8, 4) is 11.6 Å². The van der Waals surface area contributed by atoms with E-state index in [0.717, 1.165) is 11.0 Å². The molecule has 3 rings (SSSR count). The van der Waals surface area contributed by atoms with Gasteiger partial charge in [-0.2, -0.15) is 4.98 Å². The Balaban J connectivity index is 1.98. The summed E-state index contributed by atoms with van der Waals surface area (Å²) in [6, 6.07) is 9.57. The van der Waals surface area contributed by atoms with Gasteiger partial charge in [0, 0.05) is 5.39 Å². The highest BCUT2D eigenvalue weighted by Crippen LogP contribution is 2.27. The predicted octanol–water partition coefficient (Wildman–Crippen LogP) is 2.97. The molecule has 0 aliphatic heterocycles. The van der Waals surface area contributed by atoms with Gasteiger partial charge >= 0.3 is 0 Å². The third-order valence-electron chi connectivity index (χ3n) is 3.20. The lowest BCUT2D eigenvalue weighted by Gasteiger charge is -2.07. The number of nitrogens with zero attached hydrogens (tertiary/aromatic N) is 2. The van der Waals surface area contributed by atoms with E-state index in [0.29, 0.717) is 17.5 Å². The summed E-state index contributed by atoms with van der Waals surface area (Å²) in [5, 5.41) is 14.4. The molecular weight excluding hydrogens is 244 g/mol. The van der Waals surface area contributed by atoms with Gasteiger partial charge in [0.2, 0.25) is 11.7 Å². The molecule has 5 heteroatoms. The first-order valence-electron chi connectivity index (χ1n) is 6.16. The molecule has 0 aliphatic rings. The van der Waals surface area contributed by atoms with Gasteiger partial charge in [-0.25, -0.2) is 0 Å². The van der Waals surface area contributed by atoms with Crippen LogP contribution < -0.4 is 0 Å². The van der Waals surface area contributed by atoms with Crippen molar-refractivity contribution in [1.29, 1.82) is 0 Å². The van der Waals surface area contributed by atoms with Gasteiger partial charge < -0.3 is 14.0 Å². The maximum Gasteiger partial charge on any atom is 0.238 e. The number of furan rings is 1. The lowest BCUT2D eigenvalue weighted by molar-refractivity contribution is 0.151. The zero-order valence-electron chi connectivity index (χ0n) is 10.7. The SMILES string of the molecule is CC(O)C(C)c1nc(-c2cc3ccccc3o2)no1. The first-order chi connectivity index (χ1) is 9.15. The van der Waals surface area contributed by atoms with E-state index in [9.17, 15) is 5.11 Å². The van der Waals surface area contributed by atoms with Gasteiger partial charge in [-0.15, -0.1) is 0 Å². The Morgan fingerprint density at radius 2 is 2.00 bits per heavy atom. The van der Waals surface area contributed by atoms with Crippen molar-refractivity contribution in [3.63, 3.8) is 0 Å². The molecule has 2 atom stereocenters. The molecule has 1 aromatic carbocycles. The third-order valence-corrected chi connectivity index (χ3v) is 3.20. The number of aromatic nitrogens is 2. The number of benzene rings is 1. The molecule has 0 amide bonds. The average Bonchev–Trinajstić information content (AvgIpc) is 3.03. The minimum absolute atomic E-state index is 0.203. The summed E-state index contributed by atoms with van der Waals surface area (Å²) in [6.45, 7) is 3.52. The summed E-state index contributed by atoms with van der Waals surface area (Å²) in [5.41, 5.74) is 0.785. The normalized spacial score (nSPS) is 14.7.